The Hall–Kier alpha value is -2.30. The number of hydrogen-bond donors (Lipinski definition) is 1. The van der Waals surface area contributed by atoms with Gasteiger partial charge in [-0.15, -0.1) is 0 Å². The average molecular weight is 289 g/mol. The highest BCUT2D eigenvalue weighted by Gasteiger charge is 2.33. The summed E-state index contributed by atoms with van der Waals surface area (Å²) in [5, 5.41) is 9.20. The van der Waals surface area contributed by atoms with E-state index in [1.54, 1.807) is 42.2 Å². The molecule has 21 heavy (non-hydrogen) atoms. The summed E-state index contributed by atoms with van der Waals surface area (Å²) in [7, 11) is 0. The first-order valence-corrected chi connectivity index (χ1v) is 7.03. The highest BCUT2D eigenvalue weighted by Crippen LogP contribution is 2.27. The van der Waals surface area contributed by atoms with Gasteiger partial charge >= 0.3 is 5.97 Å². The van der Waals surface area contributed by atoms with E-state index in [2.05, 4.69) is 0 Å². The number of nitrogens with zero attached hydrogens (tertiary/aromatic N) is 1. The molecule has 0 aliphatic heterocycles. The van der Waals surface area contributed by atoms with E-state index in [9.17, 15) is 14.7 Å². The molecule has 1 fully saturated rings. The molecule has 1 aliphatic rings. The minimum atomic E-state index is -0.379. The van der Waals surface area contributed by atoms with Gasteiger partial charge in [0.25, 0.3) is 0 Å². The van der Waals surface area contributed by atoms with Crippen molar-refractivity contribution in [2.45, 2.75) is 25.8 Å². The largest absolute Gasteiger partial charge is 0.508 e. The van der Waals surface area contributed by atoms with Gasteiger partial charge in [-0.1, -0.05) is 12.1 Å². The van der Waals surface area contributed by atoms with E-state index in [1.165, 1.54) is 6.08 Å². The summed E-state index contributed by atoms with van der Waals surface area (Å²) in [4.78, 5) is 25.3. The van der Waals surface area contributed by atoms with E-state index < -0.39 is 0 Å². The van der Waals surface area contributed by atoms with E-state index >= 15 is 0 Å². The van der Waals surface area contributed by atoms with Crippen LogP contribution in [0.5, 0.6) is 5.75 Å². The summed E-state index contributed by atoms with van der Waals surface area (Å²) in [6.45, 7) is 2.05. The standard InChI is InChI=1S/C16H19NO4/c1-2-21-16(20)11-17(13-6-7-13)15(19)10-5-12-3-8-14(18)9-4-12/h3-5,8-10,13,18H,2,6-7,11H2,1H3. The first kappa shape index (κ1) is 15.1. The van der Waals surface area contributed by atoms with Gasteiger partial charge < -0.3 is 14.7 Å². The normalized spacial score (nSPS) is 14.1. The third-order valence-electron chi connectivity index (χ3n) is 3.19. The third-order valence-corrected chi connectivity index (χ3v) is 3.19. The van der Waals surface area contributed by atoms with Crippen molar-refractivity contribution in [3.63, 3.8) is 0 Å². The molecule has 0 saturated heterocycles. The fourth-order valence-electron chi connectivity index (χ4n) is 1.97. The number of aromatic hydroxyl groups is 1. The van der Waals surface area contributed by atoms with Crippen molar-refractivity contribution in [3.8, 4) is 5.75 Å². The van der Waals surface area contributed by atoms with Crippen molar-refractivity contribution in [1.82, 2.24) is 4.90 Å². The van der Waals surface area contributed by atoms with E-state index in [1.807, 2.05) is 0 Å². The predicted octanol–water partition coefficient (Wildman–Crippen LogP) is 1.96. The maximum absolute atomic E-state index is 12.2. The van der Waals surface area contributed by atoms with Crippen molar-refractivity contribution in [2.24, 2.45) is 0 Å². The van der Waals surface area contributed by atoms with Crippen LogP contribution in [-0.2, 0) is 14.3 Å². The van der Waals surface area contributed by atoms with Crippen LogP contribution >= 0.6 is 0 Å². The second-order valence-electron chi connectivity index (χ2n) is 4.93. The Labute approximate surface area is 123 Å². The molecule has 5 nitrogen and oxygen atoms in total. The van der Waals surface area contributed by atoms with Crippen LogP contribution in [-0.4, -0.2) is 41.1 Å². The number of carbonyl (C=O) groups excluding carboxylic acids is 2. The van der Waals surface area contributed by atoms with E-state index in [-0.39, 0.29) is 30.2 Å². The molecule has 0 radical (unpaired) electrons. The molecule has 1 aromatic rings. The van der Waals surface area contributed by atoms with Gasteiger partial charge in [0.05, 0.1) is 6.61 Å². The van der Waals surface area contributed by atoms with Gasteiger partial charge in [0, 0.05) is 12.1 Å². The number of phenols is 1. The summed E-state index contributed by atoms with van der Waals surface area (Å²) in [6.07, 6.45) is 4.97. The molecule has 2 rings (SSSR count). The number of amides is 1. The molecule has 1 saturated carbocycles. The molecular weight excluding hydrogens is 270 g/mol. The fraction of sp³-hybridized carbons (Fsp3) is 0.375. The van der Waals surface area contributed by atoms with E-state index in [0.717, 1.165) is 18.4 Å². The molecule has 1 N–H and O–H groups in total. The third kappa shape index (κ3) is 4.63. The lowest BCUT2D eigenvalue weighted by atomic mass is 10.2. The molecule has 5 heteroatoms. The summed E-state index contributed by atoms with van der Waals surface area (Å²) >= 11 is 0. The summed E-state index contributed by atoms with van der Waals surface area (Å²) in [6, 6.07) is 6.69. The van der Waals surface area contributed by atoms with Gasteiger partial charge in [-0.2, -0.15) is 0 Å². The highest BCUT2D eigenvalue weighted by atomic mass is 16.5. The Balaban J connectivity index is 1.98. The topological polar surface area (TPSA) is 66.8 Å². The van der Waals surface area contributed by atoms with Crippen LogP contribution in [0.3, 0.4) is 0 Å². The molecule has 1 aromatic carbocycles. The molecular formula is C16H19NO4. The van der Waals surface area contributed by atoms with Gasteiger partial charge in [0.1, 0.15) is 12.3 Å². The van der Waals surface area contributed by atoms with Crippen LogP contribution in [0.2, 0.25) is 0 Å². The lowest BCUT2D eigenvalue weighted by Gasteiger charge is -2.19. The molecule has 0 unspecified atom stereocenters. The van der Waals surface area contributed by atoms with Crippen molar-refractivity contribution in [2.75, 3.05) is 13.2 Å². The molecule has 0 aromatic heterocycles. The lowest BCUT2D eigenvalue weighted by molar-refractivity contribution is -0.148. The predicted molar refractivity (Wildman–Crippen MR) is 78.5 cm³/mol. The first-order valence-electron chi connectivity index (χ1n) is 7.03. The molecule has 1 amide bonds. The Kier molecular flexibility index (Phi) is 4.98. The monoisotopic (exact) mass is 289 g/mol. The molecule has 0 spiro atoms. The van der Waals surface area contributed by atoms with Crippen LogP contribution in [0.25, 0.3) is 6.08 Å². The SMILES string of the molecule is CCOC(=O)CN(C(=O)C=Cc1ccc(O)cc1)C1CC1. The van der Waals surface area contributed by atoms with Crippen molar-refractivity contribution >= 4 is 18.0 Å². The zero-order valence-electron chi connectivity index (χ0n) is 12.0. The zero-order chi connectivity index (χ0) is 15.2. The van der Waals surface area contributed by atoms with Crippen LogP contribution in [0, 0.1) is 0 Å². The van der Waals surface area contributed by atoms with Gasteiger partial charge in [-0.3, -0.25) is 9.59 Å². The van der Waals surface area contributed by atoms with Crippen LogP contribution < -0.4 is 0 Å². The van der Waals surface area contributed by atoms with E-state index in [0.29, 0.717) is 6.61 Å². The van der Waals surface area contributed by atoms with E-state index in [4.69, 9.17) is 4.74 Å². The zero-order valence-corrected chi connectivity index (χ0v) is 12.0. The lowest BCUT2D eigenvalue weighted by Crippen LogP contribution is -2.37. The number of rotatable bonds is 6. The molecule has 0 bridgehead atoms. The molecule has 112 valence electrons. The quantitative estimate of drug-likeness (QED) is 0.642. The van der Waals surface area contributed by atoms with Gasteiger partial charge in [-0.25, -0.2) is 0 Å². The number of ether oxygens (including phenoxy) is 1. The van der Waals surface area contributed by atoms with Gasteiger partial charge in [0.2, 0.25) is 5.91 Å². The Bertz CT molecular complexity index is 532. The van der Waals surface area contributed by atoms with Crippen LogP contribution in [0.4, 0.5) is 0 Å². The minimum Gasteiger partial charge on any atom is -0.508 e. The maximum atomic E-state index is 12.2. The molecule has 1 aliphatic carbocycles. The Morgan fingerprint density at radius 3 is 2.57 bits per heavy atom. The molecule has 0 atom stereocenters. The number of phenolic OH excluding ortho intramolecular Hbond substituents is 1. The second kappa shape index (κ2) is 6.92. The summed E-state index contributed by atoms with van der Waals surface area (Å²) < 4.78 is 4.89. The fourth-order valence-corrected chi connectivity index (χ4v) is 1.97. The van der Waals surface area contributed by atoms with Gasteiger partial charge in [-0.05, 0) is 43.5 Å². The summed E-state index contributed by atoms with van der Waals surface area (Å²) in [5.74, 6) is -0.394. The average Bonchev–Trinajstić information content (AvgIpc) is 3.29. The molecule has 0 heterocycles. The Morgan fingerprint density at radius 2 is 2.00 bits per heavy atom. The smallest absolute Gasteiger partial charge is 0.325 e. The minimum absolute atomic E-state index is 0.00272. The van der Waals surface area contributed by atoms with Crippen LogP contribution in [0.15, 0.2) is 30.3 Å². The van der Waals surface area contributed by atoms with Gasteiger partial charge in [0.15, 0.2) is 0 Å². The van der Waals surface area contributed by atoms with Crippen molar-refractivity contribution in [3.05, 3.63) is 35.9 Å². The number of benzene rings is 1. The number of carbonyl (C=O) groups is 2. The highest BCUT2D eigenvalue weighted by molar-refractivity contribution is 5.94. The maximum Gasteiger partial charge on any atom is 0.325 e. The van der Waals surface area contributed by atoms with Crippen molar-refractivity contribution in [1.29, 1.82) is 0 Å². The Morgan fingerprint density at radius 1 is 1.33 bits per heavy atom. The first-order chi connectivity index (χ1) is 10.1. The number of esters is 1. The second-order valence-corrected chi connectivity index (χ2v) is 4.93. The summed E-state index contributed by atoms with van der Waals surface area (Å²) in [5.41, 5.74) is 0.813. The van der Waals surface area contributed by atoms with Crippen molar-refractivity contribution < 1.29 is 19.4 Å². The van der Waals surface area contributed by atoms with Crippen LogP contribution in [0.1, 0.15) is 25.3 Å². The number of hydrogen-bond acceptors (Lipinski definition) is 4.